The molecule has 0 fully saturated rings. The predicted molar refractivity (Wildman–Crippen MR) is 120 cm³/mol. The predicted octanol–water partition coefficient (Wildman–Crippen LogP) is 5.38. The van der Waals surface area contributed by atoms with E-state index in [9.17, 15) is 4.79 Å². The minimum Gasteiger partial charge on any atom is -0.339 e. The smallest absolute Gasteiger partial charge is 0.274 e. The van der Waals surface area contributed by atoms with Gasteiger partial charge >= 0.3 is 0 Å². The van der Waals surface area contributed by atoms with Gasteiger partial charge in [-0.15, -0.1) is 0 Å². The van der Waals surface area contributed by atoms with E-state index in [0.717, 1.165) is 39.2 Å². The molecule has 5 rings (SSSR count). The highest BCUT2D eigenvalue weighted by Crippen LogP contribution is 2.30. The van der Waals surface area contributed by atoms with E-state index < -0.39 is 0 Å². The fourth-order valence-corrected chi connectivity index (χ4v) is 3.79. The van der Waals surface area contributed by atoms with Gasteiger partial charge in [0, 0.05) is 34.6 Å². The number of benzene rings is 2. The molecule has 0 bridgehead atoms. The van der Waals surface area contributed by atoms with Crippen molar-refractivity contribution in [3.8, 4) is 33.5 Å². The molecule has 0 aliphatic heterocycles. The van der Waals surface area contributed by atoms with Crippen LogP contribution < -0.4 is 5.56 Å². The number of pyridine rings is 1. The van der Waals surface area contributed by atoms with Crippen LogP contribution in [0.3, 0.4) is 0 Å². The first-order valence-electron chi connectivity index (χ1n) is 9.49. The second kappa shape index (κ2) is 7.28. The van der Waals surface area contributed by atoms with Crippen molar-refractivity contribution in [2.45, 2.75) is 6.92 Å². The molecule has 0 saturated heterocycles. The molecule has 0 saturated carbocycles. The lowest BCUT2D eigenvalue weighted by Crippen LogP contribution is -2.14. The maximum atomic E-state index is 12.8. The molecule has 5 aromatic rings. The number of aromatic amines is 1. The summed E-state index contributed by atoms with van der Waals surface area (Å²) in [6.45, 7) is 1.90. The van der Waals surface area contributed by atoms with Crippen LogP contribution in [-0.4, -0.2) is 19.6 Å². The lowest BCUT2D eigenvalue weighted by Gasteiger charge is -2.07. The van der Waals surface area contributed by atoms with Gasteiger partial charge in [0.1, 0.15) is 5.65 Å². The van der Waals surface area contributed by atoms with Gasteiger partial charge < -0.3 is 4.98 Å². The van der Waals surface area contributed by atoms with E-state index in [2.05, 4.69) is 15.1 Å². The Kier molecular flexibility index (Phi) is 4.45. The molecule has 3 aromatic heterocycles. The number of H-pyrrole nitrogens is 1. The number of aryl methyl sites for hydroxylation is 1. The molecule has 0 radical (unpaired) electrons. The molecule has 0 aliphatic rings. The topological polar surface area (TPSA) is 63.1 Å². The highest BCUT2D eigenvalue weighted by Gasteiger charge is 2.15. The second-order valence-electron chi connectivity index (χ2n) is 7.07. The van der Waals surface area contributed by atoms with Crippen molar-refractivity contribution >= 4 is 17.2 Å². The van der Waals surface area contributed by atoms with E-state index in [1.807, 2.05) is 73.8 Å². The third-order valence-electron chi connectivity index (χ3n) is 5.09. The molecule has 0 aliphatic carbocycles. The average molecular weight is 413 g/mol. The van der Waals surface area contributed by atoms with Crippen molar-refractivity contribution in [1.29, 1.82) is 0 Å². The monoisotopic (exact) mass is 412 g/mol. The van der Waals surface area contributed by atoms with E-state index in [4.69, 9.17) is 11.6 Å². The summed E-state index contributed by atoms with van der Waals surface area (Å²) in [4.78, 5) is 20.4. The largest absolute Gasteiger partial charge is 0.339 e. The Morgan fingerprint density at radius 2 is 1.67 bits per heavy atom. The molecule has 5 nitrogen and oxygen atoms in total. The van der Waals surface area contributed by atoms with E-state index in [1.54, 1.807) is 12.3 Å². The Morgan fingerprint density at radius 3 is 2.43 bits per heavy atom. The summed E-state index contributed by atoms with van der Waals surface area (Å²) in [5.74, 6) is 0. The van der Waals surface area contributed by atoms with Gasteiger partial charge in [0.15, 0.2) is 0 Å². The standard InChI is InChI=1S/C24H17ClN4O/c1-15-23(16-7-9-20(25)10-8-16)24-27-21(13-22(30)29(24)28-15)18-5-2-4-17(12-18)19-6-3-11-26-14-19/h2-14,27H,1H3. The van der Waals surface area contributed by atoms with Crippen LogP contribution in [0.1, 0.15) is 5.69 Å². The Bertz CT molecular complexity index is 1420. The Labute approximate surface area is 177 Å². The van der Waals surface area contributed by atoms with Crippen LogP contribution in [0.2, 0.25) is 5.02 Å². The average Bonchev–Trinajstić information content (AvgIpc) is 3.11. The molecule has 146 valence electrons. The first-order chi connectivity index (χ1) is 14.6. The zero-order valence-corrected chi connectivity index (χ0v) is 16.9. The van der Waals surface area contributed by atoms with Crippen LogP contribution in [0.25, 0.3) is 39.2 Å². The number of fused-ring (bicyclic) bond motifs is 1. The summed E-state index contributed by atoms with van der Waals surface area (Å²) >= 11 is 6.04. The number of hydrogen-bond acceptors (Lipinski definition) is 3. The summed E-state index contributed by atoms with van der Waals surface area (Å²) in [5, 5.41) is 5.10. The van der Waals surface area contributed by atoms with Crippen LogP contribution in [0, 0.1) is 6.92 Å². The maximum absolute atomic E-state index is 12.8. The summed E-state index contributed by atoms with van der Waals surface area (Å²) < 4.78 is 1.41. The quantitative estimate of drug-likeness (QED) is 0.432. The van der Waals surface area contributed by atoms with Crippen molar-refractivity contribution in [3.05, 3.63) is 100 Å². The maximum Gasteiger partial charge on any atom is 0.274 e. The van der Waals surface area contributed by atoms with Gasteiger partial charge in [-0.25, -0.2) is 0 Å². The highest BCUT2D eigenvalue weighted by molar-refractivity contribution is 6.30. The zero-order chi connectivity index (χ0) is 20.7. The molecule has 0 amide bonds. The Hall–Kier alpha value is -3.70. The fraction of sp³-hybridized carbons (Fsp3) is 0.0417. The van der Waals surface area contributed by atoms with Crippen LogP contribution in [0.5, 0.6) is 0 Å². The Balaban J connectivity index is 1.69. The van der Waals surface area contributed by atoms with Crippen LogP contribution in [0.4, 0.5) is 0 Å². The molecule has 0 spiro atoms. The van der Waals surface area contributed by atoms with Crippen LogP contribution >= 0.6 is 11.6 Å². The van der Waals surface area contributed by atoms with Gasteiger partial charge in [0.25, 0.3) is 5.56 Å². The Morgan fingerprint density at radius 1 is 0.900 bits per heavy atom. The van der Waals surface area contributed by atoms with Crippen molar-refractivity contribution in [3.63, 3.8) is 0 Å². The molecule has 6 heteroatoms. The summed E-state index contributed by atoms with van der Waals surface area (Å²) in [6.07, 6.45) is 3.57. The number of hydrogen-bond donors (Lipinski definition) is 1. The fourth-order valence-electron chi connectivity index (χ4n) is 3.67. The second-order valence-corrected chi connectivity index (χ2v) is 7.51. The molecule has 3 heterocycles. The van der Waals surface area contributed by atoms with E-state index in [0.29, 0.717) is 10.7 Å². The third kappa shape index (κ3) is 3.19. The third-order valence-corrected chi connectivity index (χ3v) is 5.34. The van der Waals surface area contributed by atoms with Gasteiger partial charge in [-0.05, 0) is 47.9 Å². The van der Waals surface area contributed by atoms with Crippen molar-refractivity contribution in [1.82, 2.24) is 19.6 Å². The summed E-state index contributed by atoms with van der Waals surface area (Å²) in [6, 6.07) is 21.0. The number of aromatic nitrogens is 4. The molecule has 30 heavy (non-hydrogen) atoms. The number of nitrogens with one attached hydrogen (secondary N) is 1. The van der Waals surface area contributed by atoms with Crippen molar-refractivity contribution in [2.75, 3.05) is 0 Å². The molecular weight excluding hydrogens is 396 g/mol. The van der Waals surface area contributed by atoms with Crippen molar-refractivity contribution < 1.29 is 0 Å². The SMILES string of the molecule is Cc1nn2c(=O)cc(-c3cccc(-c4cccnc4)c3)[nH]c2c1-c1ccc(Cl)cc1. The minimum absolute atomic E-state index is 0.186. The number of rotatable bonds is 3. The molecule has 0 atom stereocenters. The molecule has 2 aromatic carbocycles. The number of halogens is 1. The van der Waals surface area contributed by atoms with Gasteiger partial charge in [-0.1, -0.05) is 48.0 Å². The molecular formula is C24H17ClN4O. The van der Waals surface area contributed by atoms with Gasteiger partial charge in [0.2, 0.25) is 0 Å². The van der Waals surface area contributed by atoms with Crippen molar-refractivity contribution in [2.24, 2.45) is 0 Å². The minimum atomic E-state index is -0.186. The molecule has 0 unspecified atom stereocenters. The summed E-state index contributed by atoms with van der Waals surface area (Å²) in [5.41, 5.74) is 6.77. The van der Waals surface area contributed by atoms with Crippen LogP contribution in [-0.2, 0) is 0 Å². The first-order valence-corrected chi connectivity index (χ1v) is 9.87. The summed E-state index contributed by atoms with van der Waals surface area (Å²) in [7, 11) is 0. The van der Waals surface area contributed by atoms with Gasteiger partial charge in [-0.3, -0.25) is 9.78 Å². The molecule has 1 N–H and O–H groups in total. The van der Waals surface area contributed by atoms with Crippen LogP contribution in [0.15, 0.2) is 83.9 Å². The lowest BCUT2D eigenvalue weighted by molar-refractivity contribution is 0.882. The van der Waals surface area contributed by atoms with E-state index in [-0.39, 0.29) is 5.56 Å². The van der Waals surface area contributed by atoms with E-state index >= 15 is 0 Å². The first kappa shape index (κ1) is 18.3. The lowest BCUT2D eigenvalue weighted by atomic mass is 10.0. The zero-order valence-electron chi connectivity index (χ0n) is 16.1. The highest BCUT2D eigenvalue weighted by atomic mass is 35.5. The number of nitrogens with zero attached hydrogens (tertiary/aromatic N) is 3. The van der Waals surface area contributed by atoms with Gasteiger partial charge in [-0.2, -0.15) is 9.61 Å². The van der Waals surface area contributed by atoms with E-state index in [1.165, 1.54) is 4.52 Å². The normalized spacial score (nSPS) is 11.1. The van der Waals surface area contributed by atoms with Gasteiger partial charge in [0.05, 0.1) is 11.4 Å².